The van der Waals surface area contributed by atoms with Crippen LogP contribution in [0.3, 0.4) is 0 Å². The number of nitrogens with zero attached hydrogens (tertiary/aromatic N) is 3. The Labute approximate surface area is 95.6 Å². The zero-order valence-electron chi connectivity index (χ0n) is 9.20. The van der Waals surface area contributed by atoms with Crippen molar-refractivity contribution in [3.63, 3.8) is 0 Å². The number of ether oxygens (including phenoxy) is 1. The molecule has 0 aromatic carbocycles. The number of hydrogen-bond acceptors (Lipinski definition) is 4. The lowest BCUT2D eigenvalue weighted by Gasteiger charge is -2.01. The molecule has 0 fully saturated rings. The second kappa shape index (κ2) is 5.76. The van der Waals surface area contributed by atoms with E-state index in [0.717, 1.165) is 6.20 Å². The summed E-state index contributed by atoms with van der Waals surface area (Å²) in [4.78, 5) is 10.8. The molecule has 1 aromatic heterocycles. The van der Waals surface area contributed by atoms with Crippen LogP contribution in [-0.2, 0) is 11.3 Å². The Morgan fingerprint density at radius 1 is 1.53 bits per heavy atom. The fourth-order valence-electron chi connectivity index (χ4n) is 1.13. The summed E-state index contributed by atoms with van der Waals surface area (Å²) in [5, 5.41) is 6.62. The summed E-state index contributed by atoms with van der Waals surface area (Å²) in [5.74, 6) is -1.98. The molecule has 0 saturated carbocycles. The number of aryl methyl sites for hydroxylation is 1. The van der Waals surface area contributed by atoms with E-state index in [9.17, 15) is 18.0 Å². The number of hydrogen-bond donors (Lipinski definition) is 0. The molecule has 8 heteroatoms. The highest BCUT2D eigenvalue weighted by Gasteiger charge is 2.41. The molecule has 0 amide bonds. The van der Waals surface area contributed by atoms with Gasteiger partial charge in [0.2, 0.25) is 0 Å². The summed E-state index contributed by atoms with van der Waals surface area (Å²) in [6, 6.07) is 0. The Bertz CT molecular complexity index is 376. The molecule has 0 radical (unpaired) electrons. The summed E-state index contributed by atoms with van der Waals surface area (Å²) in [6.07, 6.45) is -3.33. The SMILES string of the molecule is CCOCCCn1cc(C(=O)C(F)(F)F)nn1. The molecule has 1 rings (SSSR count). The third-order valence-electron chi connectivity index (χ3n) is 1.91. The van der Waals surface area contributed by atoms with Gasteiger partial charge in [0.1, 0.15) is 0 Å². The van der Waals surface area contributed by atoms with Crippen LogP contribution in [0.4, 0.5) is 13.2 Å². The number of carbonyl (C=O) groups excluding carboxylic acids is 1. The Kier molecular flexibility index (Phi) is 4.62. The molecule has 0 atom stereocenters. The molecule has 17 heavy (non-hydrogen) atoms. The molecule has 0 spiro atoms. The lowest BCUT2D eigenvalue weighted by atomic mass is 10.3. The van der Waals surface area contributed by atoms with Crippen molar-refractivity contribution in [3.8, 4) is 0 Å². The van der Waals surface area contributed by atoms with E-state index in [2.05, 4.69) is 10.3 Å². The van der Waals surface area contributed by atoms with Gasteiger partial charge in [0, 0.05) is 19.8 Å². The number of ketones is 1. The first-order valence-electron chi connectivity index (χ1n) is 5.04. The third kappa shape index (κ3) is 4.14. The quantitative estimate of drug-likeness (QED) is 0.567. The van der Waals surface area contributed by atoms with Gasteiger partial charge in [-0.15, -0.1) is 5.10 Å². The van der Waals surface area contributed by atoms with E-state index < -0.39 is 17.7 Å². The Hall–Kier alpha value is -1.44. The van der Waals surface area contributed by atoms with Crippen molar-refractivity contribution in [1.29, 1.82) is 0 Å². The van der Waals surface area contributed by atoms with Crippen molar-refractivity contribution in [2.75, 3.05) is 13.2 Å². The maximum Gasteiger partial charge on any atom is 0.456 e. The summed E-state index contributed by atoms with van der Waals surface area (Å²) < 4.78 is 42.4. The number of rotatable bonds is 6. The van der Waals surface area contributed by atoms with Crippen molar-refractivity contribution in [1.82, 2.24) is 15.0 Å². The zero-order valence-corrected chi connectivity index (χ0v) is 9.20. The average Bonchev–Trinajstić information content (AvgIpc) is 2.70. The monoisotopic (exact) mass is 251 g/mol. The first-order valence-corrected chi connectivity index (χ1v) is 5.04. The summed E-state index contributed by atoms with van der Waals surface area (Å²) >= 11 is 0. The van der Waals surface area contributed by atoms with Crippen molar-refractivity contribution in [3.05, 3.63) is 11.9 Å². The average molecular weight is 251 g/mol. The molecule has 0 saturated heterocycles. The summed E-state index contributed by atoms with van der Waals surface area (Å²) in [6.45, 7) is 3.27. The van der Waals surface area contributed by atoms with Gasteiger partial charge in [0.15, 0.2) is 5.69 Å². The van der Waals surface area contributed by atoms with Crippen LogP contribution in [0.5, 0.6) is 0 Å². The van der Waals surface area contributed by atoms with Crippen molar-refractivity contribution in [2.45, 2.75) is 26.1 Å². The molecule has 0 aliphatic carbocycles. The summed E-state index contributed by atoms with van der Waals surface area (Å²) in [5.41, 5.74) is -0.686. The van der Waals surface area contributed by atoms with Gasteiger partial charge in [-0.05, 0) is 13.3 Å². The largest absolute Gasteiger partial charge is 0.456 e. The van der Waals surface area contributed by atoms with Crippen LogP contribution in [0.1, 0.15) is 23.8 Å². The number of Topliss-reactive ketones (excluding diaryl/α,β-unsaturated/α-hetero) is 1. The molecule has 5 nitrogen and oxygen atoms in total. The van der Waals surface area contributed by atoms with Crippen LogP contribution in [0.15, 0.2) is 6.20 Å². The van der Waals surface area contributed by atoms with Gasteiger partial charge in [-0.3, -0.25) is 9.48 Å². The van der Waals surface area contributed by atoms with Gasteiger partial charge in [0.25, 0.3) is 5.78 Å². The van der Waals surface area contributed by atoms with E-state index in [1.165, 1.54) is 4.68 Å². The van der Waals surface area contributed by atoms with E-state index in [0.29, 0.717) is 26.2 Å². The van der Waals surface area contributed by atoms with E-state index >= 15 is 0 Å². The van der Waals surface area contributed by atoms with Gasteiger partial charge >= 0.3 is 6.18 Å². The fourth-order valence-corrected chi connectivity index (χ4v) is 1.13. The molecular formula is C9H12F3N3O2. The smallest absolute Gasteiger partial charge is 0.382 e. The van der Waals surface area contributed by atoms with Gasteiger partial charge < -0.3 is 4.74 Å². The van der Waals surface area contributed by atoms with Gasteiger partial charge in [-0.25, -0.2) is 0 Å². The topological polar surface area (TPSA) is 57.0 Å². The Morgan fingerprint density at radius 3 is 2.82 bits per heavy atom. The molecule has 0 N–H and O–H groups in total. The highest BCUT2D eigenvalue weighted by atomic mass is 19.4. The Morgan fingerprint density at radius 2 is 2.24 bits per heavy atom. The van der Waals surface area contributed by atoms with Crippen molar-refractivity contribution in [2.24, 2.45) is 0 Å². The first kappa shape index (κ1) is 13.6. The molecule has 1 aromatic rings. The van der Waals surface area contributed by atoms with Crippen molar-refractivity contribution >= 4 is 5.78 Å². The third-order valence-corrected chi connectivity index (χ3v) is 1.91. The van der Waals surface area contributed by atoms with Crippen LogP contribution in [0, 0.1) is 0 Å². The molecule has 0 aliphatic heterocycles. The van der Waals surface area contributed by atoms with E-state index in [1.54, 1.807) is 0 Å². The van der Waals surface area contributed by atoms with Gasteiger partial charge in [-0.1, -0.05) is 5.21 Å². The lowest BCUT2D eigenvalue weighted by Crippen LogP contribution is -2.23. The highest BCUT2D eigenvalue weighted by molar-refractivity contribution is 5.98. The summed E-state index contributed by atoms with van der Waals surface area (Å²) in [7, 11) is 0. The molecule has 0 bridgehead atoms. The minimum Gasteiger partial charge on any atom is -0.382 e. The van der Waals surface area contributed by atoms with Crippen LogP contribution < -0.4 is 0 Å². The van der Waals surface area contributed by atoms with Gasteiger partial charge in [0.05, 0.1) is 6.20 Å². The van der Waals surface area contributed by atoms with Crippen LogP contribution in [0.2, 0.25) is 0 Å². The fraction of sp³-hybridized carbons (Fsp3) is 0.667. The normalized spacial score (nSPS) is 11.8. The number of aromatic nitrogens is 3. The van der Waals surface area contributed by atoms with Crippen LogP contribution in [-0.4, -0.2) is 40.2 Å². The predicted molar refractivity (Wildman–Crippen MR) is 51.5 cm³/mol. The lowest BCUT2D eigenvalue weighted by molar-refractivity contribution is -0.0888. The zero-order chi connectivity index (χ0) is 12.9. The van der Waals surface area contributed by atoms with Crippen molar-refractivity contribution < 1.29 is 22.7 Å². The minimum atomic E-state index is -4.91. The second-order valence-corrected chi connectivity index (χ2v) is 3.24. The molecule has 0 aliphatic rings. The maximum atomic E-state index is 12.0. The van der Waals surface area contributed by atoms with Gasteiger partial charge in [-0.2, -0.15) is 13.2 Å². The standard InChI is InChI=1S/C9H12F3N3O2/c1-2-17-5-3-4-15-6-7(13-14-15)8(16)9(10,11)12/h6H,2-5H2,1H3. The minimum absolute atomic E-state index is 0.359. The first-order chi connectivity index (χ1) is 7.95. The molecule has 96 valence electrons. The van der Waals surface area contributed by atoms with Crippen LogP contribution >= 0.6 is 0 Å². The van der Waals surface area contributed by atoms with E-state index in [4.69, 9.17) is 4.74 Å². The van der Waals surface area contributed by atoms with Crippen LogP contribution in [0.25, 0.3) is 0 Å². The predicted octanol–water partition coefficient (Wildman–Crippen LogP) is 1.45. The Balaban J connectivity index is 2.51. The maximum absolute atomic E-state index is 12.0. The second-order valence-electron chi connectivity index (χ2n) is 3.24. The van der Waals surface area contributed by atoms with E-state index in [1.807, 2.05) is 6.92 Å². The van der Waals surface area contributed by atoms with E-state index in [-0.39, 0.29) is 0 Å². The number of halogens is 3. The number of alkyl halides is 3. The highest BCUT2D eigenvalue weighted by Crippen LogP contribution is 2.19. The number of carbonyl (C=O) groups is 1. The molecular weight excluding hydrogens is 239 g/mol. The molecule has 0 unspecified atom stereocenters. The molecule has 1 heterocycles.